The summed E-state index contributed by atoms with van der Waals surface area (Å²) < 4.78 is 158. The highest BCUT2D eigenvalue weighted by Gasteiger charge is 2.47. The smallest absolute Gasteiger partial charge is 0.252 e. The number of rotatable bonds is 8. The molecule has 4 heterocycles. The van der Waals surface area contributed by atoms with Crippen LogP contribution in [0.25, 0.3) is 99.5 Å². The molecule has 0 radical (unpaired) electrons. The fraction of sp³-hybridized carbons (Fsp3) is 0.316. The maximum atomic E-state index is 10.1. The Morgan fingerprint density at radius 3 is 0.739 bits per heavy atom. The zero-order valence-corrected chi connectivity index (χ0v) is 74.9. The first-order chi connectivity index (χ1) is 62.3. The number of aromatic nitrogens is 2. The number of nitrogens with zero attached hydrogens (tertiary/aromatic N) is 4. The largest absolute Gasteiger partial charge is 0.310 e. The minimum atomic E-state index is -0.808. The molecule has 0 saturated carbocycles. The van der Waals surface area contributed by atoms with Gasteiger partial charge in [-0.1, -0.05) is 357 Å². The first-order valence-corrected chi connectivity index (χ1v) is 42.3. The number of anilines is 6. The first kappa shape index (κ1) is 63.2. The van der Waals surface area contributed by atoms with Gasteiger partial charge in [-0.3, -0.25) is 0 Å². The lowest BCUT2D eigenvalue weighted by Crippen LogP contribution is -2.61. The minimum Gasteiger partial charge on any atom is -0.310 e. The average molecular weight is 1580 g/mol. The molecular formula is C114H123BN4. The van der Waals surface area contributed by atoms with Crippen molar-refractivity contribution in [1.29, 1.82) is 0 Å². The standard InChI is InChI=1S/C114H123BN4/c1-106(2,3)74-48-44-70(45-49-74)89-62-80(112(19,20)21)64-91(72-56-76(108(7,8)9)60-77(57-72)109(10,11)12)104(89)118-99-68-83(116-95-40-32-28-36-85(95)86-37-29-33-41-96(86)116)52-54-93(99)115-94-55-53-84(117-97-42-34-30-38-87(97)88-39-31-35-43-98(88)117)69-100(94)119(102-67-82(114(25,26)27)66-101(118)103(102)115)105-90(71-46-50-75(51-47-71)107(4,5)6)63-81(113(22,23)24)65-92(105)73-58-78(110(13,14)15)61-79(59-73)111(16,17)18/h28-69H,1-27H3/i28D,29D,30D,31D,32D,33D,34D,35D,36D,37D,38D,39D,40D,41D,42D,43D. The maximum absolute atomic E-state index is 10.1. The molecule has 2 aliphatic heterocycles. The molecule has 2 aromatic heterocycles. The van der Waals surface area contributed by atoms with Gasteiger partial charge in [0.25, 0.3) is 6.71 Å². The van der Waals surface area contributed by atoms with Crippen molar-refractivity contribution in [1.82, 2.24) is 9.13 Å². The number of benzene rings is 13. The lowest BCUT2D eigenvalue weighted by Gasteiger charge is -2.47. The topological polar surface area (TPSA) is 16.3 Å². The molecule has 2 aliphatic rings. The third-order valence-electron chi connectivity index (χ3n) is 25.0. The zero-order valence-electron chi connectivity index (χ0n) is 90.9. The number of hydrogen-bond donors (Lipinski definition) is 0. The molecule has 0 amide bonds. The third-order valence-corrected chi connectivity index (χ3v) is 25.0. The summed E-state index contributed by atoms with van der Waals surface area (Å²) >= 11 is 0. The van der Waals surface area contributed by atoms with Crippen molar-refractivity contribution in [2.24, 2.45) is 0 Å². The third kappa shape index (κ3) is 14.2. The second-order valence-corrected chi connectivity index (χ2v) is 42.9. The fourth-order valence-corrected chi connectivity index (χ4v) is 17.6. The van der Waals surface area contributed by atoms with Crippen molar-refractivity contribution in [3.05, 3.63) is 304 Å². The SMILES string of the molecule is [2H]c1c([2H])c([2H])c2c(c1[2H])c1c([2H])c([2H])c([2H])c([2H])c1n2-c1ccc2c(c1)N(c1c(-c3ccc(C(C)(C)C)cc3)cc(C(C)(C)C)cc1-c1cc(C(C)(C)C)cc(C(C)(C)C)c1)c1cc(C(C)(C)C)cc3c1B2c1ccc(-n2c4c([2H])c([2H])c([2H])c([2H])c4c4c([2H])c([2H])c([2H])c([2H])c42)cc1N3c1c(-c2ccc(C(C)(C)C)cc2)cc(C(C)(C)C)cc1-c1cc(C(C)(C)C)cc(C(C)(C)C)c1. The molecule has 0 fully saturated rings. The Morgan fingerprint density at radius 1 is 0.227 bits per heavy atom. The summed E-state index contributed by atoms with van der Waals surface area (Å²) in [6.45, 7) is 59.8. The van der Waals surface area contributed by atoms with E-state index in [1.165, 1.54) is 0 Å². The first-order valence-electron chi connectivity index (χ1n) is 50.3. The summed E-state index contributed by atoms with van der Waals surface area (Å²) in [5.41, 5.74) is 20.6. The van der Waals surface area contributed by atoms with Crippen molar-refractivity contribution in [3.8, 4) is 55.9 Å². The Morgan fingerprint density at radius 2 is 0.471 bits per heavy atom. The van der Waals surface area contributed by atoms with Crippen LogP contribution in [0.5, 0.6) is 0 Å². The van der Waals surface area contributed by atoms with E-state index in [2.05, 4.69) is 330 Å². The van der Waals surface area contributed by atoms with Crippen molar-refractivity contribution in [3.63, 3.8) is 0 Å². The summed E-state index contributed by atoms with van der Waals surface area (Å²) in [5, 5.41) is -0.269. The molecular weight excluding hydrogens is 1440 g/mol. The van der Waals surface area contributed by atoms with Gasteiger partial charge < -0.3 is 18.9 Å². The quantitative estimate of drug-likeness (QED) is 0.141. The Bertz CT molecular complexity index is 6940. The molecule has 5 heteroatoms. The van der Waals surface area contributed by atoms with Gasteiger partial charge >= 0.3 is 0 Å². The maximum Gasteiger partial charge on any atom is 0.252 e. The Hall–Kier alpha value is -10.9. The van der Waals surface area contributed by atoms with E-state index in [4.69, 9.17) is 0 Å². The normalized spacial score (nSPS) is 15.7. The molecule has 0 saturated heterocycles. The average Bonchev–Trinajstić information content (AvgIpc) is 0.793. The lowest BCUT2D eigenvalue weighted by atomic mass is 9.33. The minimum absolute atomic E-state index is 0.0441. The van der Waals surface area contributed by atoms with E-state index in [0.717, 1.165) is 134 Å². The van der Waals surface area contributed by atoms with Crippen LogP contribution in [0.15, 0.2) is 254 Å². The van der Waals surface area contributed by atoms with Crippen LogP contribution in [0.4, 0.5) is 34.1 Å². The number of hydrogen-bond acceptors (Lipinski definition) is 2. The monoisotopic (exact) mass is 1580 g/mol. The molecule has 17 rings (SSSR count). The highest BCUT2D eigenvalue weighted by Crippen LogP contribution is 2.57. The van der Waals surface area contributed by atoms with Crippen LogP contribution in [0.1, 0.15) is 259 Å². The Labute approximate surface area is 734 Å². The molecule has 119 heavy (non-hydrogen) atoms. The van der Waals surface area contributed by atoms with Gasteiger partial charge in [-0.15, -0.1) is 0 Å². The molecule has 0 atom stereocenters. The molecule has 0 aliphatic carbocycles. The second-order valence-electron chi connectivity index (χ2n) is 42.9. The van der Waals surface area contributed by atoms with Crippen LogP contribution in [0.3, 0.4) is 0 Å². The van der Waals surface area contributed by atoms with Crippen LogP contribution in [-0.4, -0.2) is 15.8 Å². The Kier molecular flexibility index (Phi) is 14.8. The molecule has 602 valence electrons. The zero-order chi connectivity index (χ0) is 98.8. The van der Waals surface area contributed by atoms with E-state index in [0.29, 0.717) is 22.7 Å². The molecule has 0 unspecified atom stereocenters. The van der Waals surface area contributed by atoms with Crippen LogP contribution in [0, 0.1) is 0 Å². The summed E-state index contributed by atoms with van der Waals surface area (Å²) in [6, 6.07) is 50.2. The predicted octanol–water partition coefficient (Wildman–Crippen LogP) is 30.3. The van der Waals surface area contributed by atoms with Gasteiger partial charge in [0.05, 0.1) is 55.4 Å². The van der Waals surface area contributed by atoms with Crippen molar-refractivity contribution in [2.75, 3.05) is 9.80 Å². The van der Waals surface area contributed by atoms with Gasteiger partial charge in [0.15, 0.2) is 0 Å². The summed E-state index contributed by atoms with van der Waals surface area (Å²) in [7, 11) is 0. The van der Waals surface area contributed by atoms with E-state index in [-0.39, 0.29) is 76.1 Å². The summed E-state index contributed by atoms with van der Waals surface area (Å²) in [6.07, 6.45) is 0. The van der Waals surface area contributed by atoms with E-state index < -0.39 is 120 Å². The van der Waals surface area contributed by atoms with Crippen molar-refractivity contribution < 1.29 is 21.9 Å². The van der Waals surface area contributed by atoms with Gasteiger partial charge in [-0.05, 0) is 222 Å². The Balaban J connectivity index is 1.16. The highest BCUT2D eigenvalue weighted by molar-refractivity contribution is 7.00. The van der Waals surface area contributed by atoms with Gasteiger partial charge in [0.2, 0.25) is 0 Å². The van der Waals surface area contributed by atoms with E-state index in [1.54, 1.807) is 9.13 Å². The number of para-hydroxylation sites is 4. The van der Waals surface area contributed by atoms with Gasteiger partial charge in [0, 0.05) is 77.9 Å². The van der Waals surface area contributed by atoms with Crippen LogP contribution in [0.2, 0.25) is 0 Å². The summed E-state index contributed by atoms with van der Waals surface area (Å²) in [4.78, 5) is 4.87. The van der Waals surface area contributed by atoms with Crippen LogP contribution >= 0.6 is 0 Å². The highest BCUT2D eigenvalue weighted by atomic mass is 15.2. The molecule has 0 spiro atoms. The fourth-order valence-electron chi connectivity index (χ4n) is 17.6. The van der Waals surface area contributed by atoms with Crippen LogP contribution in [-0.2, 0) is 48.7 Å². The number of fused-ring (bicyclic) bond motifs is 10. The molecule has 13 aromatic carbocycles. The molecule has 0 bridgehead atoms. The van der Waals surface area contributed by atoms with E-state index in [9.17, 15) is 21.9 Å². The summed E-state index contributed by atoms with van der Waals surface area (Å²) in [5.74, 6) is 0. The molecule has 15 aromatic rings. The molecule has 0 N–H and O–H groups in total. The predicted molar refractivity (Wildman–Crippen MR) is 519 cm³/mol. The van der Waals surface area contributed by atoms with Crippen LogP contribution < -0.4 is 26.2 Å². The van der Waals surface area contributed by atoms with Gasteiger partial charge in [-0.2, -0.15) is 0 Å². The van der Waals surface area contributed by atoms with Gasteiger partial charge in [0.1, 0.15) is 0 Å². The van der Waals surface area contributed by atoms with Gasteiger partial charge in [-0.25, -0.2) is 0 Å². The second kappa shape index (κ2) is 27.9. The lowest BCUT2D eigenvalue weighted by molar-refractivity contribution is 0.568. The van der Waals surface area contributed by atoms with Crippen molar-refractivity contribution >= 4 is 101 Å². The molecule has 4 nitrogen and oxygen atoms in total. The van der Waals surface area contributed by atoms with E-state index >= 15 is 0 Å². The van der Waals surface area contributed by atoms with E-state index in [1.807, 2.05) is 24.3 Å². The van der Waals surface area contributed by atoms with Crippen molar-refractivity contribution in [2.45, 2.75) is 236 Å².